The molecule has 1 saturated carbocycles. The number of hydrogen-bond acceptors (Lipinski definition) is 3. The van der Waals surface area contributed by atoms with Crippen LogP contribution in [0.3, 0.4) is 0 Å². The van der Waals surface area contributed by atoms with Crippen molar-refractivity contribution in [2.75, 3.05) is 26.2 Å². The molecule has 20 heavy (non-hydrogen) atoms. The molecule has 3 rings (SSSR count). The molecule has 1 aromatic rings. The number of rotatable bonds is 4. The molecule has 2 fully saturated rings. The predicted molar refractivity (Wildman–Crippen MR) is 77.6 cm³/mol. The average molecular weight is 299 g/mol. The molecule has 0 spiro atoms. The van der Waals surface area contributed by atoms with Gasteiger partial charge in [-0.05, 0) is 24.5 Å². The van der Waals surface area contributed by atoms with E-state index in [1.54, 1.807) is 0 Å². The van der Waals surface area contributed by atoms with Crippen molar-refractivity contribution >= 4 is 11.6 Å². The van der Waals surface area contributed by atoms with Gasteiger partial charge in [0.2, 0.25) is 0 Å². The highest BCUT2D eigenvalue weighted by Gasteiger charge is 2.32. The first-order chi connectivity index (χ1) is 9.65. The molecule has 1 atom stereocenters. The quantitative estimate of drug-likeness (QED) is 0.897. The third kappa shape index (κ3) is 3.08. The van der Waals surface area contributed by atoms with Gasteiger partial charge in [-0.25, -0.2) is 4.39 Å². The Hall–Kier alpha value is -0.840. The van der Waals surface area contributed by atoms with Crippen molar-refractivity contribution in [1.82, 2.24) is 10.2 Å². The molecular formula is C15H20ClFN2O. The molecule has 1 saturated heterocycles. The SMILES string of the molecule is Oc1c(Cl)cc(F)cc1[C@@H](CC1CC1)N1CCNCC1. The van der Waals surface area contributed by atoms with Crippen LogP contribution in [0.1, 0.15) is 30.9 Å². The Kier molecular flexibility index (Phi) is 4.15. The second kappa shape index (κ2) is 5.88. The van der Waals surface area contributed by atoms with Crippen LogP contribution in [0.15, 0.2) is 12.1 Å². The van der Waals surface area contributed by atoms with Crippen LogP contribution in [0, 0.1) is 11.7 Å². The molecule has 1 aliphatic heterocycles. The lowest BCUT2D eigenvalue weighted by molar-refractivity contribution is 0.158. The minimum atomic E-state index is -0.376. The topological polar surface area (TPSA) is 35.5 Å². The normalized spacial score (nSPS) is 21.9. The van der Waals surface area contributed by atoms with Gasteiger partial charge < -0.3 is 10.4 Å². The van der Waals surface area contributed by atoms with Crippen molar-refractivity contribution in [2.45, 2.75) is 25.3 Å². The van der Waals surface area contributed by atoms with Gasteiger partial charge in [0.15, 0.2) is 0 Å². The fourth-order valence-electron chi connectivity index (χ4n) is 2.98. The Morgan fingerprint density at radius 3 is 2.70 bits per heavy atom. The molecule has 0 radical (unpaired) electrons. The Balaban J connectivity index is 1.90. The van der Waals surface area contributed by atoms with Crippen LogP contribution in [0.2, 0.25) is 5.02 Å². The van der Waals surface area contributed by atoms with Gasteiger partial charge in [-0.15, -0.1) is 0 Å². The molecule has 110 valence electrons. The first-order valence-corrected chi connectivity index (χ1v) is 7.65. The lowest BCUT2D eigenvalue weighted by Crippen LogP contribution is -2.45. The summed E-state index contributed by atoms with van der Waals surface area (Å²) in [5, 5.41) is 13.6. The van der Waals surface area contributed by atoms with E-state index in [2.05, 4.69) is 10.2 Å². The van der Waals surface area contributed by atoms with E-state index in [1.807, 2.05) is 0 Å². The van der Waals surface area contributed by atoms with Crippen LogP contribution < -0.4 is 5.32 Å². The van der Waals surface area contributed by atoms with Gasteiger partial charge in [0.05, 0.1) is 5.02 Å². The zero-order chi connectivity index (χ0) is 14.1. The summed E-state index contributed by atoms with van der Waals surface area (Å²) in [6.07, 6.45) is 3.46. The van der Waals surface area contributed by atoms with Crippen molar-refractivity contribution in [3.8, 4) is 5.75 Å². The van der Waals surface area contributed by atoms with Crippen LogP contribution in [0.5, 0.6) is 5.75 Å². The lowest BCUT2D eigenvalue weighted by atomic mass is 9.97. The largest absolute Gasteiger partial charge is 0.506 e. The Morgan fingerprint density at radius 2 is 2.05 bits per heavy atom. The van der Waals surface area contributed by atoms with Crippen LogP contribution in [-0.4, -0.2) is 36.2 Å². The number of hydrogen-bond donors (Lipinski definition) is 2. The number of piperazine rings is 1. The Morgan fingerprint density at radius 1 is 1.35 bits per heavy atom. The molecule has 2 N–H and O–H groups in total. The van der Waals surface area contributed by atoms with Gasteiger partial charge in [0.1, 0.15) is 11.6 Å². The number of phenols is 1. The van der Waals surface area contributed by atoms with Crippen LogP contribution in [-0.2, 0) is 0 Å². The van der Waals surface area contributed by atoms with E-state index in [9.17, 15) is 9.50 Å². The van der Waals surface area contributed by atoms with Gasteiger partial charge in [-0.1, -0.05) is 24.4 Å². The fraction of sp³-hybridized carbons (Fsp3) is 0.600. The molecule has 5 heteroatoms. The van der Waals surface area contributed by atoms with Crippen molar-refractivity contribution in [2.24, 2.45) is 5.92 Å². The molecular weight excluding hydrogens is 279 g/mol. The second-order valence-corrected chi connectivity index (χ2v) is 6.21. The monoisotopic (exact) mass is 298 g/mol. The van der Waals surface area contributed by atoms with E-state index in [-0.39, 0.29) is 22.6 Å². The predicted octanol–water partition coefficient (Wildman–Crippen LogP) is 2.93. The smallest absolute Gasteiger partial charge is 0.139 e. The number of phenolic OH excluding ortho intramolecular Hbond substituents is 1. The Labute approximate surface area is 123 Å². The van der Waals surface area contributed by atoms with Crippen LogP contribution >= 0.6 is 11.6 Å². The molecule has 1 heterocycles. The minimum Gasteiger partial charge on any atom is -0.506 e. The maximum Gasteiger partial charge on any atom is 0.139 e. The molecule has 0 unspecified atom stereocenters. The molecule has 1 aromatic carbocycles. The lowest BCUT2D eigenvalue weighted by Gasteiger charge is -2.35. The Bertz CT molecular complexity index is 487. The third-order valence-electron chi connectivity index (χ3n) is 4.26. The van der Waals surface area contributed by atoms with Gasteiger partial charge in [0, 0.05) is 37.8 Å². The number of benzene rings is 1. The zero-order valence-electron chi connectivity index (χ0n) is 11.4. The van der Waals surface area contributed by atoms with Crippen LogP contribution in [0.25, 0.3) is 0 Å². The highest BCUT2D eigenvalue weighted by atomic mass is 35.5. The van der Waals surface area contributed by atoms with Crippen molar-refractivity contribution in [3.63, 3.8) is 0 Å². The summed E-state index contributed by atoms with van der Waals surface area (Å²) in [5.74, 6) is 0.368. The summed E-state index contributed by atoms with van der Waals surface area (Å²) < 4.78 is 13.7. The summed E-state index contributed by atoms with van der Waals surface area (Å²) in [6, 6.07) is 2.68. The number of aromatic hydroxyl groups is 1. The number of nitrogens with zero attached hydrogens (tertiary/aromatic N) is 1. The highest BCUT2D eigenvalue weighted by Crippen LogP contribution is 2.43. The molecule has 1 aliphatic carbocycles. The van der Waals surface area contributed by atoms with E-state index in [4.69, 9.17) is 11.6 Å². The zero-order valence-corrected chi connectivity index (χ0v) is 12.2. The summed E-state index contributed by atoms with van der Waals surface area (Å²) in [7, 11) is 0. The fourth-order valence-corrected chi connectivity index (χ4v) is 3.19. The third-order valence-corrected chi connectivity index (χ3v) is 4.55. The summed E-state index contributed by atoms with van der Waals surface area (Å²) in [5.41, 5.74) is 0.642. The summed E-state index contributed by atoms with van der Waals surface area (Å²) in [4.78, 5) is 2.33. The van der Waals surface area contributed by atoms with Gasteiger partial charge in [-0.3, -0.25) is 4.90 Å². The molecule has 0 amide bonds. The van der Waals surface area contributed by atoms with E-state index in [0.717, 1.165) is 32.6 Å². The summed E-state index contributed by atoms with van der Waals surface area (Å²) >= 11 is 5.93. The van der Waals surface area contributed by atoms with Crippen molar-refractivity contribution in [1.29, 1.82) is 0 Å². The van der Waals surface area contributed by atoms with E-state index in [1.165, 1.54) is 25.0 Å². The molecule has 3 nitrogen and oxygen atoms in total. The second-order valence-electron chi connectivity index (χ2n) is 5.81. The van der Waals surface area contributed by atoms with Gasteiger partial charge >= 0.3 is 0 Å². The number of halogens is 2. The van der Waals surface area contributed by atoms with Gasteiger partial charge in [0.25, 0.3) is 0 Å². The van der Waals surface area contributed by atoms with E-state index < -0.39 is 0 Å². The highest BCUT2D eigenvalue weighted by molar-refractivity contribution is 6.32. The first-order valence-electron chi connectivity index (χ1n) is 7.28. The van der Waals surface area contributed by atoms with Gasteiger partial charge in [-0.2, -0.15) is 0 Å². The van der Waals surface area contributed by atoms with Crippen molar-refractivity contribution in [3.05, 3.63) is 28.5 Å². The minimum absolute atomic E-state index is 0.0391. The maximum absolute atomic E-state index is 13.7. The van der Waals surface area contributed by atoms with E-state index >= 15 is 0 Å². The molecule has 0 aromatic heterocycles. The first kappa shape index (κ1) is 14.1. The summed E-state index contributed by atoms with van der Waals surface area (Å²) in [6.45, 7) is 3.71. The molecule has 0 bridgehead atoms. The average Bonchev–Trinajstić information content (AvgIpc) is 3.25. The van der Waals surface area contributed by atoms with E-state index in [0.29, 0.717) is 11.5 Å². The standard InChI is InChI=1S/C15H20ClFN2O/c16-13-9-11(17)8-12(15(13)20)14(7-10-1-2-10)19-5-3-18-4-6-19/h8-10,14,18,20H,1-7H2/t14-/m1/s1. The number of nitrogens with one attached hydrogen (secondary N) is 1. The maximum atomic E-state index is 13.7. The van der Waals surface area contributed by atoms with Crippen molar-refractivity contribution < 1.29 is 9.50 Å². The van der Waals surface area contributed by atoms with Crippen LogP contribution in [0.4, 0.5) is 4.39 Å². The molecule has 2 aliphatic rings.